The van der Waals surface area contributed by atoms with Crippen molar-refractivity contribution >= 4 is 0 Å². The van der Waals surface area contributed by atoms with Crippen molar-refractivity contribution in [2.75, 3.05) is 19.6 Å². The first-order chi connectivity index (χ1) is 8.25. The summed E-state index contributed by atoms with van der Waals surface area (Å²) in [4.78, 5) is 2.55. The highest BCUT2D eigenvalue weighted by molar-refractivity contribution is 5.08. The minimum Gasteiger partial charge on any atom is -0.314 e. The van der Waals surface area contributed by atoms with Gasteiger partial charge >= 0.3 is 0 Å². The van der Waals surface area contributed by atoms with Gasteiger partial charge in [-0.2, -0.15) is 0 Å². The van der Waals surface area contributed by atoms with Crippen LogP contribution < -0.4 is 5.32 Å². The van der Waals surface area contributed by atoms with Crippen molar-refractivity contribution in [1.29, 1.82) is 0 Å². The summed E-state index contributed by atoms with van der Waals surface area (Å²) in [6.07, 6.45) is 10.7. The number of nitrogens with one attached hydrogen (secondary N) is 1. The van der Waals surface area contributed by atoms with Gasteiger partial charge in [0.15, 0.2) is 0 Å². The van der Waals surface area contributed by atoms with Crippen LogP contribution in [0.5, 0.6) is 0 Å². The van der Waals surface area contributed by atoms with Crippen LogP contribution in [0.1, 0.15) is 52.4 Å². The van der Waals surface area contributed by atoms with E-state index in [1.807, 2.05) is 0 Å². The third kappa shape index (κ3) is 4.11. The van der Waals surface area contributed by atoms with E-state index in [0.29, 0.717) is 6.04 Å². The lowest BCUT2D eigenvalue weighted by Gasteiger charge is -2.29. The molecule has 98 valence electrons. The van der Waals surface area contributed by atoms with Crippen LogP contribution in [0.25, 0.3) is 0 Å². The molecule has 1 saturated carbocycles. The first-order valence-corrected chi connectivity index (χ1v) is 7.41. The first kappa shape index (κ1) is 13.1. The highest BCUT2D eigenvalue weighted by Gasteiger charge is 2.16. The molecule has 0 aromatic carbocycles. The van der Waals surface area contributed by atoms with E-state index in [2.05, 4.69) is 30.1 Å². The van der Waals surface area contributed by atoms with Crippen molar-refractivity contribution in [2.45, 2.75) is 64.5 Å². The molecule has 2 rings (SSSR count). The van der Waals surface area contributed by atoms with E-state index >= 15 is 0 Å². The van der Waals surface area contributed by atoms with E-state index in [4.69, 9.17) is 0 Å². The summed E-state index contributed by atoms with van der Waals surface area (Å²) in [5.74, 6) is 0. The van der Waals surface area contributed by atoms with Crippen molar-refractivity contribution in [2.24, 2.45) is 0 Å². The minimum atomic E-state index is 0.699. The van der Waals surface area contributed by atoms with E-state index in [1.165, 1.54) is 51.6 Å². The van der Waals surface area contributed by atoms with Gasteiger partial charge in [-0.15, -0.1) is 0 Å². The van der Waals surface area contributed by atoms with Gasteiger partial charge in [-0.3, -0.25) is 4.90 Å². The maximum atomic E-state index is 3.71. The van der Waals surface area contributed by atoms with Crippen molar-refractivity contribution < 1.29 is 0 Å². The fraction of sp³-hybridized carbons (Fsp3) is 0.867. The molecule has 0 aromatic rings. The molecule has 0 saturated heterocycles. The summed E-state index contributed by atoms with van der Waals surface area (Å²) in [6.45, 7) is 8.20. The lowest BCUT2D eigenvalue weighted by molar-refractivity contribution is 0.237. The molecule has 0 aromatic heterocycles. The average molecular weight is 236 g/mol. The lowest BCUT2D eigenvalue weighted by Crippen LogP contribution is -2.35. The summed E-state index contributed by atoms with van der Waals surface area (Å²) < 4.78 is 0. The van der Waals surface area contributed by atoms with Gasteiger partial charge in [-0.1, -0.05) is 24.5 Å². The predicted octanol–water partition coefficient (Wildman–Crippen LogP) is 2.95. The zero-order valence-electron chi connectivity index (χ0n) is 11.5. The van der Waals surface area contributed by atoms with Crippen LogP contribution >= 0.6 is 0 Å². The number of nitrogens with zero attached hydrogens (tertiary/aromatic N) is 1. The lowest BCUT2D eigenvalue weighted by atomic mass is 10.0. The van der Waals surface area contributed by atoms with E-state index in [9.17, 15) is 0 Å². The molecule has 0 atom stereocenters. The topological polar surface area (TPSA) is 15.3 Å². The van der Waals surface area contributed by atoms with Gasteiger partial charge in [-0.05, 0) is 46.1 Å². The summed E-state index contributed by atoms with van der Waals surface area (Å²) in [6, 6.07) is 1.52. The Bertz CT molecular complexity index is 252. The van der Waals surface area contributed by atoms with Crippen LogP contribution in [0.2, 0.25) is 0 Å². The molecule has 1 N–H and O–H groups in total. The molecule has 1 aliphatic carbocycles. The van der Waals surface area contributed by atoms with Gasteiger partial charge in [0.2, 0.25) is 0 Å². The van der Waals surface area contributed by atoms with Crippen LogP contribution in [0.3, 0.4) is 0 Å². The molecular formula is C15H28N2. The Morgan fingerprint density at radius 2 is 2.12 bits per heavy atom. The molecule has 0 unspecified atom stereocenters. The Hall–Kier alpha value is -0.340. The monoisotopic (exact) mass is 236 g/mol. The predicted molar refractivity (Wildman–Crippen MR) is 74.3 cm³/mol. The molecule has 2 heteroatoms. The quantitative estimate of drug-likeness (QED) is 0.738. The van der Waals surface area contributed by atoms with Gasteiger partial charge in [0.1, 0.15) is 0 Å². The maximum absolute atomic E-state index is 3.71. The number of hydrogen-bond acceptors (Lipinski definition) is 2. The highest BCUT2D eigenvalue weighted by atomic mass is 15.1. The third-order valence-electron chi connectivity index (χ3n) is 4.30. The van der Waals surface area contributed by atoms with Crippen LogP contribution in [0.15, 0.2) is 11.6 Å². The normalized spacial score (nSPS) is 23.4. The van der Waals surface area contributed by atoms with Gasteiger partial charge < -0.3 is 5.32 Å². The fourth-order valence-electron chi connectivity index (χ4n) is 2.99. The third-order valence-corrected chi connectivity index (χ3v) is 4.30. The molecule has 1 aliphatic heterocycles. The van der Waals surface area contributed by atoms with Crippen LogP contribution in [-0.4, -0.2) is 36.6 Å². The summed E-state index contributed by atoms with van der Waals surface area (Å²) in [7, 11) is 0. The van der Waals surface area contributed by atoms with Crippen molar-refractivity contribution in [3.63, 3.8) is 0 Å². The zero-order valence-corrected chi connectivity index (χ0v) is 11.5. The standard InChI is InChI=1S/C15H28N2/c1-13(2)17-11-8-14(9-12-17)7-10-16-15-5-3-4-6-15/h8,13,15-16H,3-7,9-12H2,1-2H3. The summed E-state index contributed by atoms with van der Waals surface area (Å²) in [5, 5.41) is 3.71. The van der Waals surface area contributed by atoms with E-state index in [1.54, 1.807) is 5.57 Å². The number of rotatable bonds is 5. The van der Waals surface area contributed by atoms with Crippen molar-refractivity contribution in [3.8, 4) is 0 Å². The molecule has 2 aliphatic rings. The smallest absolute Gasteiger partial charge is 0.0168 e. The SMILES string of the molecule is CC(C)N1CC=C(CCNC2CCCC2)CC1. The largest absolute Gasteiger partial charge is 0.314 e. The summed E-state index contributed by atoms with van der Waals surface area (Å²) in [5.41, 5.74) is 1.67. The molecule has 1 heterocycles. The average Bonchev–Trinajstić information content (AvgIpc) is 2.83. The minimum absolute atomic E-state index is 0.699. The molecule has 17 heavy (non-hydrogen) atoms. The molecule has 2 nitrogen and oxygen atoms in total. The van der Waals surface area contributed by atoms with E-state index in [0.717, 1.165) is 12.6 Å². The van der Waals surface area contributed by atoms with Crippen molar-refractivity contribution in [3.05, 3.63) is 11.6 Å². The Labute approximate surface area is 106 Å². The summed E-state index contributed by atoms with van der Waals surface area (Å²) >= 11 is 0. The Morgan fingerprint density at radius 1 is 1.35 bits per heavy atom. The number of hydrogen-bond donors (Lipinski definition) is 1. The maximum Gasteiger partial charge on any atom is 0.0168 e. The zero-order chi connectivity index (χ0) is 12.1. The molecule has 1 fully saturated rings. The van der Waals surface area contributed by atoms with Gasteiger partial charge in [0, 0.05) is 25.2 Å². The van der Waals surface area contributed by atoms with Crippen LogP contribution in [-0.2, 0) is 0 Å². The van der Waals surface area contributed by atoms with Gasteiger partial charge in [0.05, 0.1) is 0 Å². The first-order valence-electron chi connectivity index (χ1n) is 7.41. The Balaban J connectivity index is 1.63. The van der Waals surface area contributed by atoms with E-state index in [-0.39, 0.29) is 0 Å². The van der Waals surface area contributed by atoms with Crippen molar-refractivity contribution in [1.82, 2.24) is 10.2 Å². The molecular weight excluding hydrogens is 208 g/mol. The molecule has 0 bridgehead atoms. The molecule has 0 radical (unpaired) electrons. The second-order valence-corrected chi connectivity index (χ2v) is 5.89. The van der Waals surface area contributed by atoms with Crippen LogP contribution in [0.4, 0.5) is 0 Å². The second-order valence-electron chi connectivity index (χ2n) is 5.89. The Kier molecular flexibility index (Phi) is 5.05. The highest BCUT2D eigenvalue weighted by Crippen LogP contribution is 2.19. The molecule has 0 spiro atoms. The second kappa shape index (κ2) is 6.55. The molecule has 0 amide bonds. The van der Waals surface area contributed by atoms with E-state index < -0.39 is 0 Å². The fourth-order valence-corrected chi connectivity index (χ4v) is 2.99. The van der Waals surface area contributed by atoms with Gasteiger partial charge in [-0.25, -0.2) is 0 Å². The Morgan fingerprint density at radius 3 is 2.71 bits per heavy atom. The van der Waals surface area contributed by atoms with Gasteiger partial charge in [0.25, 0.3) is 0 Å². The van der Waals surface area contributed by atoms with Crippen LogP contribution in [0, 0.1) is 0 Å².